The normalized spacial score (nSPS) is 11.0. The molecule has 0 saturated heterocycles. The number of anilines is 1. The third-order valence-electron chi connectivity index (χ3n) is 4.78. The van der Waals surface area contributed by atoms with Crippen LogP contribution in [0.5, 0.6) is 0 Å². The minimum absolute atomic E-state index is 0.0343. The first-order valence-corrected chi connectivity index (χ1v) is 10.7. The Morgan fingerprint density at radius 3 is 2.43 bits per heavy atom. The number of aromatic amines is 1. The Kier molecular flexibility index (Phi) is 5.72. The summed E-state index contributed by atoms with van der Waals surface area (Å²) in [4.78, 5) is 35.7. The van der Waals surface area contributed by atoms with Crippen LogP contribution in [-0.4, -0.2) is 32.7 Å². The largest absolute Gasteiger partial charge is 0.353 e. The molecule has 0 bridgehead atoms. The van der Waals surface area contributed by atoms with E-state index in [4.69, 9.17) is 0 Å². The Bertz CT molecular complexity index is 1230. The van der Waals surface area contributed by atoms with E-state index in [2.05, 4.69) is 9.97 Å². The van der Waals surface area contributed by atoms with Crippen LogP contribution in [0, 0.1) is 6.92 Å². The molecule has 0 aliphatic carbocycles. The molecular formula is C23H22N4O2S. The van der Waals surface area contributed by atoms with Gasteiger partial charge in [0.05, 0.1) is 17.0 Å². The summed E-state index contributed by atoms with van der Waals surface area (Å²) in [5.41, 5.74) is 3.34. The average molecular weight is 419 g/mol. The van der Waals surface area contributed by atoms with Gasteiger partial charge >= 0.3 is 0 Å². The molecule has 6 nitrogen and oxygen atoms in total. The van der Waals surface area contributed by atoms with Crippen molar-refractivity contribution in [2.24, 2.45) is 0 Å². The van der Waals surface area contributed by atoms with Crippen LogP contribution in [0.25, 0.3) is 16.7 Å². The first kappa shape index (κ1) is 20.0. The number of rotatable bonds is 6. The van der Waals surface area contributed by atoms with E-state index in [1.54, 1.807) is 9.47 Å². The van der Waals surface area contributed by atoms with Gasteiger partial charge in [0.1, 0.15) is 5.52 Å². The number of nitrogens with one attached hydrogen (secondary N) is 1. The number of carbonyl (C=O) groups is 1. The highest BCUT2D eigenvalue weighted by molar-refractivity contribution is 7.99. The van der Waals surface area contributed by atoms with Gasteiger partial charge in [-0.2, -0.15) is 0 Å². The number of hydrogen-bond donors (Lipinski definition) is 1. The van der Waals surface area contributed by atoms with Gasteiger partial charge < -0.3 is 9.88 Å². The van der Waals surface area contributed by atoms with Crippen LogP contribution in [-0.2, 0) is 4.79 Å². The first-order chi connectivity index (χ1) is 14.6. The second-order valence-electron chi connectivity index (χ2n) is 6.85. The Balaban J connectivity index is 1.70. The minimum atomic E-state index is -0.176. The number of para-hydroxylation sites is 2. The fraction of sp³-hybridized carbons (Fsp3) is 0.174. The zero-order chi connectivity index (χ0) is 21.1. The van der Waals surface area contributed by atoms with Gasteiger partial charge in [-0.05, 0) is 44.2 Å². The zero-order valence-corrected chi connectivity index (χ0v) is 17.6. The fourth-order valence-electron chi connectivity index (χ4n) is 3.39. The molecule has 2 aromatic carbocycles. The molecule has 4 rings (SSSR count). The smallest absolute Gasteiger partial charge is 0.283 e. The summed E-state index contributed by atoms with van der Waals surface area (Å²) >= 11 is 1.27. The van der Waals surface area contributed by atoms with E-state index in [1.165, 1.54) is 11.8 Å². The molecule has 7 heteroatoms. The second kappa shape index (κ2) is 8.59. The highest BCUT2D eigenvalue weighted by atomic mass is 32.2. The van der Waals surface area contributed by atoms with E-state index in [1.807, 2.05) is 80.6 Å². The van der Waals surface area contributed by atoms with Gasteiger partial charge in [0, 0.05) is 17.9 Å². The molecule has 0 radical (unpaired) electrons. The van der Waals surface area contributed by atoms with Crippen molar-refractivity contribution in [1.29, 1.82) is 0 Å². The lowest BCUT2D eigenvalue weighted by Gasteiger charge is -2.21. The molecule has 30 heavy (non-hydrogen) atoms. The van der Waals surface area contributed by atoms with Gasteiger partial charge in [0.2, 0.25) is 5.91 Å². The highest BCUT2D eigenvalue weighted by Crippen LogP contribution is 2.23. The maximum atomic E-state index is 13.2. The summed E-state index contributed by atoms with van der Waals surface area (Å²) in [6, 6.07) is 20.8. The van der Waals surface area contributed by atoms with Crippen LogP contribution >= 0.6 is 11.8 Å². The van der Waals surface area contributed by atoms with Crippen molar-refractivity contribution >= 4 is 34.4 Å². The van der Waals surface area contributed by atoms with Crippen molar-refractivity contribution in [3.63, 3.8) is 0 Å². The summed E-state index contributed by atoms with van der Waals surface area (Å²) in [5, 5.41) is 0.496. The van der Waals surface area contributed by atoms with Crippen molar-refractivity contribution in [2.75, 3.05) is 17.2 Å². The number of aryl methyl sites for hydroxylation is 1. The Morgan fingerprint density at radius 1 is 1.10 bits per heavy atom. The number of nitrogens with zero attached hydrogens (tertiary/aromatic N) is 3. The number of fused-ring (bicyclic) bond motifs is 1. The lowest BCUT2D eigenvalue weighted by molar-refractivity contribution is -0.116. The Morgan fingerprint density at radius 2 is 1.77 bits per heavy atom. The van der Waals surface area contributed by atoms with Crippen LogP contribution in [0.2, 0.25) is 0 Å². The molecule has 1 N–H and O–H groups in total. The Labute approximate surface area is 178 Å². The standard InChI is InChI=1S/C23H22N4O2S/c1-3-26(17-10-6-4-7-11-17)20(28)15-30-23-25-19-14-16(2)24-21(19)22(29)27(23)18-12-8-5-9-13-18/h4-14,24H,3,15H2,1-2H3. The van der Waals surface area contributed by atoms with Crippen molar-refractivity contribution in [1.82, 2.24) is 14.5 Å². The van der Waals surface area contributed by atoms with Crippen molar-refractivity contribution < 1.29 is 4.79 Å². The molecule has 0 spiro atoms. The van der Waals surface area contributed by atoms with E-state index in [0.717, 1.165) is 17.1 Å². The maximum absolute atomic E-state index is 13.2. The predicted molar refractivity (Wildman–Crippen MR) is 122 cm³/mol. The Hall–Kier alpha value is -3.32. The molecule has 4 aromatic rings. The molecular weight excluding hydrogens is 396 g/mol. The summed E-state index contributed by atoms with van der Waals surface area (Å²) in [6.07, 6.45) is 0. The van der Waals surface area contributed by atoms with Gasteiger partial charge in [0.15, 0.2) is 5.16 Å². The van der Waals surface area contributed by atoms with Crippen LogP contribution in [0.4, 0.5) is 5.69 Å². The quantitative estimate of drug-likeness (QED) is 0.377. The van der Waals surface area contributed by atoms with Crippen molar-refractivity contribution in [3.05, 3.63) is 82.8 Å². The average Bonchev–Trinajstić information content (AvgIpc) is 3.15. The van der Waals surface area contributed by atoms with Crippen molar-refractivity contribution in [2.45, 2.75) is 19.0 Å². The summed E-state index contributed by atoms with van der Waals surface area (Å²) < 4.78 is 1.56. The van der Waals surface area contributed by atoms with Gasteiger partial charge in [-0.25, -0.2) is 4.98 Å². The van der Waals surface area contributed by atoms with Crippen molar-refractivity contribution in [3.8, 4) is 5.69 Å². The molecule has 2 aromatic heterocycles. The lowest BCUT2D eigenvalue weighted by Crippen LogP contribution is -2.32. The van der Waals surface area contributed by atoms with E-state index in [9.17, 15) is 9.59 Å². The van der Waals surface area contributed by atoms with Gasteiger partial charge in [-0.15, -0.1) is 0 Å². The SMILES string of the molecule is CCN(C(=O)CSc1nc2cc(C)[nH]c2c(=O)n1-c1ccccc1)c1ccccc1. The highest BCUT2D eigenvalue weighted by Gasteiger charge is 2.19. The fourth-order valence-corrected chi connectivity index (χ4v) is 4.28. The molecule has 0 fully saturated rings. The number of aromatic nitrogens is 3. The molecule has 152 valence electrons. The molecule has 0 saturated carbocycles. The van der Waals surface area contributed by atoms with Crippen LogP contribution in [0.15, 0.2) is 76.7 Å². The van der Waals surface area contributed by atoms with E-state index < -0.39 is 0 Å². The van der Waals surface area contributed by atoms with Gasteiger partial charge in [0.25, 0.3) is 5.56 Å². The van der Waals surface area contributed by atoms with E-state index in [0.29, 0.717) is 22.7 Å². The molecule has 0 aliphatic rings. The maximum Gasteiger partial charge on any atom is 0.283 e. The summed E-state index contributed by atoms with van der Waals surface area (Å²) in [5.74, 6) is 0.143. The van der Waals surface area contributed by atoms with Gasteiger partial charge in [-0.1, -0.05) is 48.2 Å². The molecule has 0 aliphatic heterocycles. The van der Waals surface area contributed by atoms with Gasteiger partial charge in [-0.3, -0.25) is 14.2 Å². The topological polar surface area (TPSA) is 71.0 Å². The number of hydrogen-bond acceptors (Lipinski definition) is 4. The van der Waals surface area contributed by atoms with E-state index in [-0.39, 0.29) is 17.2 Å². The third kappa shape index (κ3) is 3.89. The zero-order valence-electron chi connectivity index (χ0n) is 16.8. The molecule has 0 unspecified atom stereocenters. The monoisotopic (exact) mass is 418 g/mol. The summed E-state index contributed by atoms with van der Waals surface area (Å²) in [7, 11) is 0. The molecule has 2 heterocycles. The number of amides is 1. The number of carbonyl (C=O) groups excluding carboxylic acids is 1. The minimum Gasteiger partial charge on any atom is -0.353 e. The van der Waals surface area contributed by atoms with Crippen LogP contribution in [0.3, 0.4) is 0 Å². The number of benzene rings is 2. The van der Waals surface area contributed by atoms with Crippen LogP contribution < -0.4 is 10.5 Å². The predicted octanol–water partition coefficient (Wildman–Crippen LogP) is 4.17. The lowest BCUT2D eigenvalue weighted by atomic mass is 10.3. The second-order valence-corrected chi connectivity index (χ2v) is 7.79. The number of thioether (sulfide) groups is 1. The first-order valence-electron chi connectivity index (χ1n) is 9.74. The van der Waals surface area contributed by atoms with E-state index >= 15 is 0 Å². The third-order valence-corrected chi connectivity index (χ3v) is 5.70. The molecule has 0 atom stereocenters. The number of H-pyrrole nitrogens is 1. The van der Waals surface area contributed by atoms with Crippen LogP contribution in [0.1, 0.15) is 12.6 Å². The molecule has 1 amide bonds. The summed E-state index contributed by atoms with van der Waals surface area (Å²) in [6.45, 7) is 4.41.